The Bertz CT molecular complexity index is 976. The molecule has 2 heterocycles. The Morgan fingerprint density at radius 2 is 1.88 bits per heavy atom. The fourth-order valence-corrected chi connectivity index (χ4v) is 5.00. The van der Waals surface area contributed by atoms with E-state index in [1.807, 2.05) is 0 Å². The van der Waals surface area contributed by atoms with Gasteiger partial charge in [0.1, 0.15) is 16.0 Å². The number of anilines is 1. The molecule has 4 rings (SSSR count). The molecule has 0 radical (unpaired) electrons. The lowest BCUT2D eigenvalue weighted by Crippen LogP contribution is -2.18. The molecule has 1 aliphatic carbocycles. The minimum atomic E-state index is -0.478. The van der Waals surface area contributed by atoms with Gasteiger partial charge < -0.3 is 11.1 Å². The predicted octanol–water partition coefficient (Wildman–Crippen LogP) is 3.37. The first kappa shape index (κ1) is 16.2. The molecule has 0 saturated carbocycles. The average molecular weight is 372 g/mol. The zero-order valence-corrected chi connectivity index (χ0v) is 15.0. The summed E-state index contributed by atoms with van der Waals surface area (Å²) in [4.78, 5) is 25.8. The SMILES string of the molecule is NC(=O)c1c(NC(=O)c2ccc3nsnc3c2)sc2c1CCCCC2. The molecule has 25 heavy (non-hydrogen) atoms. The molecule has 3 aromatic rings. The highest BCUT2D eigenvalue weighted by Crippen LogP contribution is 2.37. The first-order valence-corrected chi connectivity index (χ1v) is 9.66. The van der Waals surface area contributed by atoms with Crippen LogP contribution >= 0.6 is 23.1 Å². The van der Waals surface area contributed by atoms with Crippen LogP contribution in [0.15, 0.2) is 18.2 Å². The molecule has 0 saturated heterocycles. The van der Waals surface area contributed by atoms with Crippen molar-refractivity contribution < 1.29 is 9.59 Å². The van der Waals surface area contributed by atoms with Gasteiger partial charge in [-0.1, -0.05) is 6.42 Å². The quantitative estimate of drug-likeness (QED) is 0.689. The lowest BCUT2D eigenvalue weighted by Gasteiger charge is -2.06. The number of nitrogens with one attached hydrogen (secondary N) is 1. The summed E-state index contributed by atoms with van der Waals surface area (Å²) >= 11 is 2.59. The fraction of sp³-hybridized carbons (Fsp3) is 0.294. The van der Waals surface area contributed by atoms with Gasteiger partial charge in [-0.25, -0.2) is 0 Å². The van der Waals surface area contributed by atoms with E-state index in [4.69, 9.17) is 5.73 Å². The van der Waals surface area contributed by atoms with Crippen LogP contribution in [0.4, 0.5) is 5.00 Å². The molecular formula is C17H16N4O2S2. The van der Waals surface area contributed by atoms with E-state index in [0.29, 0.717) is 21.6 Å². The van der Waals surface area contributed by atoms with Crippen molar-refractivity contribution in [1.82, 2.24) is 8.75 Å². The van der Waals surface area contributed by atoms with Crippen LogP contribution < -0.4 is 11.1 Å². The number of fused-ring (bicyclic) bond motifs is 2. The van der Waals surface area contributed by atoms with Crippen LogP contribution in [-0.4, -0.2) is 20.6 Å². The van der Waals surface area contributed by atoms with Crippen molar-refractivity contribution in [1.29, 1.82) is 0 Å². The van der Waals surface area contributed by atoms with Crippen molar-refractivity contribution >= 4 is 50.9 Å². The lowest BCUT2D eigenvalue weighted by atomic mass is 10.1. The number of benzene rings is 1. The van der Waals surface area contributed by atoms with Crippen LogP contribution in [0.3, 0.4) is 0 Å². The molecule has 0 fully saturated rings. The molecule has 3 N–H and O–H groups in total. The van der Waals surface area contributed by atoms with Crippen LogP contribution in [0, 0.1) is 0 Å². The third-order valence-electron chi connectivity index (χ3n) is 4.41. The van der Waals surface area contributed by atoms with Crippen molar-refractivity contribution in [3.63, 3.8) is 0 Å². The lowest BCUT2D eigenvalue weighted by molar-refractivity contribution is 0.100. The average Bonchev–Trinajstić information content (AvgIpc) is 3.12. The van der Waals surface area contributed by atoms with Crippen LogP contribution in [0.2, 0.25) is 0 Å². The number of hydrogen-bond donors (Lipinski definition) is 2. The topological polar surface area (TPSA) is 98.0 Å². The van der Waals surface area contributed by atoms with E-state index in [1.165, 1.54) is 16.2 Å². The minimum absolute atomic E-state index is 0.270. The van der Waals surface area contributed by atoms with Crippen LogP contribution in [0.25, 0.3) is 11.0 Å². The van der Waals surface area contributed by atoms with Crippen molar-refractivity contribution in [2.24, 2.45) is 5.73 Å². The Balaban J connectivity index is 1.67. The Morgan fingerprint density at radius 3 is 2.72 bits per heavy atom. The molecule has 2 amide bonds. The summed E-state index contributed by atoms with van der Waals surface area (Å²) in [6.45, 7) is 0. The normalized spacial score (nSPS) is 14.1. The number of carbonyl (C=O) groups excluding carboxylic acids is 2. The van der Waals surface area contributed by atoms with E-state index in [2.05, 4.69) is 14.1 Å². The maximum Gasteiger partial charge on any atom is 0.256 e. The molecule has 0 atom stereocenters. The van der Waals surface area contributed by atoms with Crippen molar-refractivity contribution in [2.75, 3.05) is 5.32 Å². The van der Waals surface area contributed by atoms with Gasteiger partial charge in [-0.05, 0) is 49.4 Å². The molecule has 1 aliphatic rings. The summed E-state index contributed by atoms with van der Waals surface area (Å²) in [5.41, 5.74) is 9.05. The number of aromatic nitrogens is 2. The monoisotopic (exact) mass is 372 g/mol. The number of amides is 2. The molecular weight excluding hydrogens is 356 g/mol. The number of rotatable bonds is 3. The summed E-state index contributed by atoms with van der Waals surface area (Å²) in [6, 6.07) is 5.19. The van der Waals surface area contributed by atoms with Gasteiger partial charge in [0.15, 0.2) is 0 Å². The van der Waals surface area contributed by atoms with Gasteiger partial charge >= 0.3 is 0 Å². The van der Waals surface area contributed by atoms with Gasteiger partial charge in [-0.3, -0.25) is 9.59 Å². The van der Waals surface area contributed by atoms with Crippen LogP contribution in [-0.2, 0) is 12.8 Å². The summed E-state index contributed by atoms with van der Waals surface area (Å²) in [6.07, 6.45) is 5.09. The Morgan fingerprint density at radius 1 is 1.08 bits per heavy atom. The number of nitrogens with two attached hydrogens (primary N) is 1. The Kier molecular flexibility index (Phi) is 4.22. The third kappa shape index (κ3) is 3.03. The van der Waals surface area contributed by atoms with Gasteiger partial charge in [0.25, 0.3) is 11.8 Å². The first-order chi connectivity index (χ1) is 12.1. The largest absolute Gasteiger partial charge is 0.365 e. The standard InChI is InChI=1S/C17H16N4O2S2/c18-15(22)14-10-4-2-1-3-5-13(10)24-17(14)19-16(23)9-6-7-11-12(8-9)21-25-20-11/h6-8H,1-5H2,(H2,18,22)(H,19,23). The summed E-state index contributed by atoms with van der Waals surface area (Å²) in [5, 5.41) is 3.43. The van der Waals surface area contributed by atoms with Gasteiger partial charge in [-0.15, -0.1) is 11.3 Å². The van der Waals surface area contributed by atoms with Crippen molar-refractivity contribution in [3.05, 3.63) is 39.8 Å². The highest BCUT2D eigenvalue weighted by Gasteiger charge is 2.24. The molecule has 0 unspecified atom stereocenters. The second kappa shape index (κ2) is 6.53. The summed E-state index contributed by atoms with van der Waals surface area (Å²) in [5.74, 6) is -0.748. The zero-order chi connectivity index (χ0) is 17.4. The molecule has 2 aromatic heterocycles. The van der Waals surface area contributed by atoms with E-state index in [9.17, 15) is 9.59 Å². The number of carbonyl (C=O) groups is 2. The second-order valence-electron chi connectivity index (χ2n) is 6.05. The smallest absolute Gasteiger partial charge is 0.256 e. The number of hydrogen-bond acceptors (Lipinski definition) is 6. The Hall–Kier alpha value is -2.32. The number of primary amides is 1. The van der Waals surface area contributed by atoms with Crippen LogP contribution in [0.5, 0.6) is 0 Å². The molecule has 0 bridgehead atoms. The maximum absolute atomic E-state index is 12.6. The van der Waals surface area contributed by atoms with Gasteiger partial charge in [0.2, 0.25) is 0 Å². The van der Waals surface area contributed by atoms with Gasteiger partial charge in [0.05, 0.1) is 17.3 Å². The highest BCUT2D eigenvalue weighted by atomic mass is 32.1. The van der Waals surface area contributed by atoms with E-state index in [1.54, 1.807) is 18.2 Å². The zero-order valence-electron chi connectivity index (χ0n) is 13.4. The molecule has 0 spiro atoms. The molecule has 1 aromatic carbocycles. The van der Waals surface area contributed by atoms with Crippen molar-refractivity contribution in [2.45, 2.75) is 32.1 Å². The summed E-state index contributed by atoms with van der Waals surface area (Å²) < 4.78 is 8.29. The highest BCUT2D eigenvalue weighted by molar-refractivity contribution is 7.17. The number of nitrogens with zero attached hydrogens (tertiary/aromatic N) is 2. The van der Waals surface area contributed by atoms with E-state index < -0.39 is 5.91 Å². The second-order valence-corrected chi connectivity index (χ2v) is 7.69. The van der Waals surface area contributed by atoms with E-state index >= 15 is 0 Å². The summed E-state index contributed by atoms with van der Waals surface area (Å²) in [7, 11) is 0. The first-order valence-electron chi connectivity index (χ1n) is 8.11. The van der Waals surface area contributed by atoms with Gasteiger partial charge in [0, 0.05) is 10.4 Å². The predicted molar refractivity (Wildman–Crippen MR) is 99.5 cm³/mol. The molecule has 6 nitrogen and oxygen atoms in total. The fourth-order valence-electron chi connectivity index (χ4n) is 3.19. The molecule has 8 heteroatoms. The van der Waals surface area contributed by atoms with E-state index in [-0.39, 0.29) is 5.91 Å². The van der Waals surface area contributed by atoms with Gasteiger partial charge in [-0.2, -0.15) is 8.75 Å². The van der Waals surface area contributed by atoms with E-state index in [0.717, 1.165) is 54.9 Å². The molecule has 0 aliphatic heterocycles. The third-order valence-corrected chi connectivity index (χ3v) is 6.17. The molecule has 128 valence electrons. The number of thiophene rings is 1. The van der Waals surface area contributed by atoms with Crippen molar-refractivity contribution in [3.8, 4) is 0 Å². The number of aryl methyl sites for hydroxylation is 1. The van der Waals surface area contributed by atoms with Crippen LogP contribution in [0.1, 0.15) is 50.4 Å². The Labute approximate surface area is 152 Å². The maximum atomic E-state index is 12.6. The minimum Gasteiger partial charge on any atom is -0.365 e.